The molecule has 0 atom stereocenters. The predicted octanol–water partition coefficient (Wildman–Crippen LogP) is 4.92. The molecule has 6 heteroatoms. The molecule has 0 radical (unpaired) electrons. The molecule has 0 unspecified atom stereocenters. The molecule has 0 fully saturated rings. The van der Waals surface area contributed by atoms with E-state index in [0.717, 1.165) is 11.3 Å². The highest BCUT2D eigenvalue weighted by atomic mass is 16.5. The van der Waals surface area contributed by atoms with Gasteiger partial charge < -0.3 is 19.0 Å². The van der Waals surface area contributed by atoms with E-state index in [1.807, 2.05) is 63.2 Å². The molecular formula is C27H32N2O4. The second-order valence-electron chi connectivity index (χ2n) is 8.56. The molecule has 33 heavy (non-hydrogen) atoms. The lowest BCUT2D eigenvalue weighted by atomic mass is 10.1. The summed E-state index contributed by atoms with van der Waals surface area (Å²) in [5.74, 6) is 2.11. The summed E-state index contributed by atoms with van der Waals surface area (Å²) in [6.07, 6.45) is 0. The summed E-state index contributed by atoms with van der Waals surface area (Å²) in [4.78, 5) is 30.1. The van der Waals surface area contributed by atoms with E-state index in [-0.39, 0.29) is 24.3 Å². The van der Waals surface area contributed by atoms with Gasteiger partial charge in [0.25, 0.3) is 5.91 Å². The molecular weight excluding hydrogens is 416 g/mol. The molecule has 0 aliphatic rings. The fourth-order valence-corrected chi connectivity index (χ4v) is 3.63. The van der Waals surface area contributed by atoms with Gasteiger partial charge in [0.15, 0.2) is 0 Å². The molecule has 0 saturated carbocycles. The molecule has 0 aliphatic carbocycles. The first-order valence-electron chi connectivity index (χ1n) is 11.2. The summed E-state index contributed by atoms with van der Waals surface area (Å²) in [5.41, 5.74) is 1.55. The highest BCUT2D eigenvalue weighted by Gasteiger charge is 2.24. The quantitative estimate of drug-likeness (QED) is 0.441. The van der Waals surface area contributed by atoms with Crippen molar-refractivity contribution in [3.63, 3.8) is 0 Å². The third-order valence-electron chi connectivity index (χ3n) is 5.25. The van der Waals surface area contributed by atoms with Gasteiger partial charge in [-0.3, -0.25) is 9.59 Å². The van der Waals surface area contributed by atoms with Crippen LogP contribution in [0.25, 0.3) is 0 Å². The predicted molar refractivity (Wildman–Crippen MR) is 128 cm³/mol. The van der Waals surface area contributed by atoms with Gasteiger partial charge in [0, 0.05) is 18.7 Å². The van der Waals surface area contributed by atoms with Gasteiger partial charge >= 0.3 is 0 Å². The van der Waals surface area contributed by atoms with E-state index in [0.29, 0.717) is 36.7 Å². The zero-order valence-electron chi connectivity index (χ0n) is 19.8. The van der Waals surface area contributed by atoms with Crippen LogP contribution in [0.1, 0.15) is 41.3 Å². The topological polar surface area (TPSA) is 63.0 Å². The number of hydrogen-bond donors (Lipinski definition) is 0. The van der Waals surface area contributed by atoms with Crippen molar-refractivity contribution < 1.29 is 18.7 Å². The summed E-state index contributed by atoms with van der Waals surface area (Å²) in [5, 5.41) is 0. The number of rotatable bonds is 10. The standard InChI is InChI=1S/C27H32N2O4/c1-20(2)16-29(27(31)23-11-14-24(32-4)15-12-23)19-26(30)28(17-22-8-6-5-7-9-22)18-25-13-10-21(3)33-25/h5-15,20H,16-19H2,1-4H3. The van der Waals surface area contributed by atoms with Crippen molar-refractivity contribution in [2.75, 3.05) is 20.2 Å². The summed E-state index contributed by atoms with van der Waals surface area (Å²) in [6.45, 7) is 7.20. The number of nitrogens with zero attached hydrogens (tertiary/aromatic N) is 2. The lowest BCUT2D eigenvalue weighted by Crippen LogP contribution is -2.43. The largest absolute Gasteiger partial charge is 0.497 e. The molecule has 3 rings (SSSR count). The number of furan rings is 1. The molecule has 0 N–H and O–H groups in total. The van der Waals surface area contributed by atoms with Gasteiger partial charge in [0.1, 0.15) is 23.8 Å². The SMILES string of the molecule is COc1ccc(C(=O)N(CC(=O)N(Cc2ccccc2)Cc2ccc(C)o2)CC(C)C)cc1. The smallest absolute Gasteiger partial charge is 0.254 e. The van der Waals surface area contributed by atoms with Crippen molar-refractivity contribution in [2.45, 2.75) is 33.9 Å². The average Bonchev–Trinajstić information content (AvgIpc) is 3.22. The van der Waals surface area contributed by atoms with Gasteiger partial charge in [0.2, 0.25) is 5.91 Å². The van der Waals surface area contributed by atoms with Gasteiger partial charge in [-0.05, 0) is 54.8 Å². The van der Waals surface area contributed by atoms with E-state index >= 15 is 0 Å². The Morgan fingerprint density at radius 2 is 1.61 bits per heavy atom. The minimum Gasteiger partial charge on any atom is -0.497 e. The number of carbonyl (C=O) groups is 2. The summed E-state index contributed by atoms with van der Waals surface area (Å²) in [7, 11) is 1.59. The van der Waals surface area contributed by atoms with Gasteiger partial charge in [-0.15, -0.1) is 0 Å². The van der Waals surface area contributed by atoms with Crippen LogP contribution in [0.5, 0.6) is 5.75 Å². The van der Waals surface area contributed by atoms with E-state index in [2.05, 4.69) is 0 Å². The van der Waals surface area contributed by atoms with Crippen molar-refractivity contribution in [1.82, 2.24) is 9.80 Å². The van der Waals surface area contributed by atoms with Gasteiger partial charge in [-0.2, -0.15) is 0 Å². The van der Waals surface area contributed by atoms with E-state index in [1.165, 1.54) is 0 Å². The van der Waals surface area contributed by atoms with Crippen LogP contribution >= 0.6 is 0 Å². The first-order valence-corrected chi connectivity index (χ1v) is 11.2. The number of ether oxygens (including phenoxy) is 1. The van der Waals surface area contributed by atoms with Gasteiger partial charge in [-0.1, -0.05) is 44.2 Å². The summed E-state index contributed by atoms with van der Waals surface area (Å²) >= 11 is 0. The fraction of sp³-hybridized carbons (Fsp3) is 0.333. The van der Waals surface area contributed by atoms with Crippen molar-refractivity contribution in [2.24, 2.45) is 5.92 Å². The number of amides is 2. The van der Waals surface area contributed by atoms with Crippen molar-refractivity contribution in [3.8, 4) is 5.75 Å². The van der Waals surface area contributed by atoms with Crippen LogP contribution in [-0.4, -0.2) is 41.8 Å². The zero-order chi connectivity index (χ0) is 23.8. The van der Waals surface area contributed by atoms with E-state index in [9.17, 15) is 9.59 Å². The lowest BCUT2D eigenvalue weighted by molar-refractivity contribution is -0.133. The molecule has 3 aromatic rings. The van der Waals surface area contributed by atoms with Crippen LogP contribution in [0.4, 0.5) is 0 Å². The van der Waals surface area contributed by atoms with Gasteiger partial charge in [0.05, 0.1) is 13.7 Å². The Morgan fingerprint density at radius 1 is 0.909 bits per heavy atom. The monoisotopic (exact) mass is 448 g/mol. The minimum atomic E-state index is -0.173. The Labute approximate surface area is 195 Å². The molecule has 174 valence electrons. The molecule has 2 amide bonds. The minimum absolute atomic E-state index is 0.00440. The highest BCUT2D eigenvalue weighted by Crippen LogP contribution is 2.17. The maximum Gasteiger partial charge on any atom is 0.254 e. The number of carbonyl (C=O) groups excluding carboxylic acids is 2. The molecule has 1 aromatic heterocycles. The second kappa shape index (κ2) is 11.4. The Morgan fingerprint density at radius 3 is 2.18 bits per heavy atom. The number of hydrogen-bond acceptors (Lipinski definition) is 4. The van der Waals surface area contributed by atoms with Gasteiger partial charge in [-0.25, -0.2) is 0 Å². The van der Waals surface area contributed by atoms with Crippen molar-refractivity contribution in [1.29, 1.82) is 0 Å². The Balaban J connectivity index is 1.80. The third-order valence-corrected chi connectivity index (χ3v) is 5.25. The zero-order valence-corrected chi connectivity index (χ0v) is 19.8. The summed E-state index contributed by atoms with van der Waals surface area (Å²) in [6, 6.07) is 20.6. The molecule has 0 bridgehead atoms. The van der Waals surface area contributed by atoms with Crippen LogP contribution in [0.3, 0.4) is 0 Å². The fourth-order valence-electron chi connectivity index (χ4n) is 3.63. The van der Waals surface area contributed by atoms with Crippen molar-refractivity contribution in [3.05, 3.63) is 89.4 Å². The number of methoxy groups -OCH3 is 1. The highest BCUT2D eigenvalue weighted by molar-refractivity contribution is 5.96. The second-order valence-corrected chi connectivity index (χ2v) is 8.56. The molecule has 1 heterocycles. The molecule has 0 aliphatic heterocycles. The maximum absolute atomic E-state index is 13.5. The van der Waals surface area contributed by atoms with Crippen LogP contribution in [0, 0.1) is 12.8 Å². The van der Waals surface area contributed by atoms with Crippen LogP contribution in [0.15, 0.2) is 71.1 Å². The normalized spacial score (nSPS) is 10.8. The lowest BCUT2D eigenvalue weighted by Gasteiger charge is -2.28. The van der Waals surface area contributed by atoms with Crippen LogP contribution in [-0.2, 0) is 17.9 Å². The van der Waals surface area contributed by atoms with E-state index in [1.54, 1.807) is 41.2 Å². The molecule has 0 spiro atoms. The average molecular weight is 449 g/mol. The third kappa shape index (κ3) is 6.97. The number of benzene rings is 2. The van der Waals surface area contributed by atoms with Crippen LogP contribution in [0.2, 0.25) is 0 Å². The van der Waals surface area contributed by atoms with E-state index in [4.69, 9.17) is 9.15 Å². The first-order chi connectivity index (χ1) is 15.9. The number of aryl methyl sites for hydroxylation is 1. The molecule has 6 nitrogen and oxygen atoms in total. The Hall–Kier alpha value is -3.54. The Kier molecular flexibility index (Phi) is 8.30. The Bertz CT molecular complexity index is 1040. The van der Waals surface area contributed by atoms with Crippen molar-refractivity contribution >= 4 is 11.8 Å². The van der Waals surface area contributed by atoms with E-state index < -0.39 is 0 Å². The molecule has 2 aromatic carbocycles. The summed E-state index contributed by atoms with van der Waals surface area (Å²) < 4.78 is 10.9. The maximum atomic E-state index is 13.5. The van der Waals surface area contributed by atoms with Crippen LogP contribution < -0.4 is 4.74 Å². The first kappa shape index (κ1) is 24.1. The molecule has 0 saturated heterocycles.